The third-order valence-corrected chi connectivity index (χ3v) is 2.90. The van der Waals surface area contributed by atoms with Crippen molar-refractivity contribution >= 4 is 15.9 Å². The maximum Gasteiger partial charge on any atom is 0.416 e. The Hall–Kier alpha value is -0.790. The second kappa shape index (κ2) is 4.47. The van der Waals surface area contributed by atoms with Crippen molar-refractivity contribution in [1.82, 2.24) is 0 Å². The van der Waals surface area contributed by atoms with Crippen LogP contribution in [0.4, 0.5) is 13.2 Å². The van der Waals surface area contributed by atoms with Crippen LogP contribution in [0.15, 0.2) is 16.6 Å². The average molecular weight is 313 g/mol. The van der Waals surface area contributed by atoms with Crippen molar-refractivity contribution in [2.45, 2.75) is 12.5 Å². The van der Waals surface area contributed by atoms with Crippen molar-refractivity contribution in [3.8, 4) is 5.75 Å². The van der Waals surface area contributed by atoms with E-state index < -0.39 is 18.0 Å². The van der Waals surface area contributed by atoms with E-state index in [4.69, 9.17) is 9.47 Å². The van der Waals surface area contributed by atoms with E-state index in [-0.39, 0.29) is 29.0 Å². The van der Waals surface area contributed by atoms with E-state index in [1.165, 1.54) is 0 Å². The molecule has 94 valence electrons. The van der Waals surface area contributed by atoms with Gasteiger partial charge in [-0.05, 0) is 28.1 Å². The van der Waals surface area contributed by atoms with Crippen molar-refractivity contribution < 1.29 is 27.8 Å². The van der Waals surface area contributed by atoms with Gasteiger partial charge >= 0.3 is 6.18 Å². The summed E-state index contributed by atoms with van der Waals surface area (Å²) in [6.07, 6.45) is -5.43. The average Bonchev–Trinajstić information content (AvgIpc) is 2.73. The van der Waals surface area contributed by atoms with Gasteiger partial charge in [0.05, 0.1) is 28.8 Å². The van der Waals surface area contributed by atoms with Crippen molar-refractivity contribution in [2.24, 2.45) is 0 Å². The largest absolute Gasteiger partial charge is 0.506 e. The van der Waals surface area contributed by atoms with Gasteiger partial charge in [0, 0.05) is 0 Å². The highest BCUT2D eigenvalue weighted by atomic mass is 79.9. The molecule has 17 heavy (non-hydrogen) atoms. The number of phenols is 1. The molecule has 1 aromatic carbocycles. The summed E-state index contributed by atoms with van der Waals surface area (Å²) >= 11 is 2.88. The number of benzene rings is 1. The molecular formula is C10H8BrF3O3. The molecule has 1 heterocycles. The van der Waals surface area contributed by atoms with Gasteiger partial charge in [-0.15, -0.1) is 0 Å². The van der Waals surface area contributed by atoms with E-state index in [0.29, 0.717) is 0 Å². The molecule has 0 spiro atoms. The van der Waals surface area contributed by atoms with Gasteiger partial charge in [0.2, 0.25) is 0 Å². The number of hydrogen-bond donors (Lipinski definition) is 1. The fourth-order valence-electron chi connectivity index (χ4n) is 1.50. The number of aromatic hydroxyl groups is 1. The van der Waals surface area contributed by atoms with Crippen LogP contribution in [0.2, 0.25) is 0 Å². The maximum absolute atomic E-state index is 12.6. The molecule has 1 aromatic rings. The lowest BCUT2D eigenvalue weighted by molar-refractivity contribution is -0.137. The summed E-state index contributed by atoms with van der Waals surface area (Å²) in [6, 6.07) is 1.64. The Bertz CT molecular complexity index is 428. The van der Waals surface area contributed by atoms with Crippen LogP contribution in [-0.2, 0) is 15.7 Å². The van der Waals surface area contributed by atoms with Gasteiger partial charge in [0.25, 0.3) is 0 Å². The molecule has 1 fully saturated rings. The minimum absolute atomic E-state index is 0.0239. The van der Waals surface area contributed by atoms with E-state index in [1.54, 1.807) is 0 Å². The van der Waals surface area contributed by atoms with Crippen LogP contribution in [0, 0.1) is 0 Å². The molecule has 0 radical (unpaired) electrons. The number of halogens is 4. The minimum atomic E-state index is -4.48. The van der Waals surface area contributed by atoms with Gasteiger partial charge in [-0.1, -0.05) is 0 Å². The summed E-state index contributed by atoms with van der Waals surface area (Å²) in [4.78, 5) is 0. The summed E-state index contributed by atoms with van der Waals surface area (Å²) in [6.45, 7) is 0.579. The molecule has 7 heteroatoms. The zero-order valence-electron chi connectivity index (χ0n) is 8.42. The van der Waals surface area contributed by atoms with Crippen LogP contribution in [0.1, 0.15) is 17.4 Å². The fourth-order valence-corrected chi connectivity index (χ4v) is 1.98. The molecule has 2 rings (SSSR count). The minimum Gasteiger partial charge on any atom is -0.506 e. The van der Waals surface area contributed by atoms with Gasteiger partial charge in [0.15, 0.2) is 6.29 Å². The highest BCUT2D eigenvalue weighted by Gasteiger charge is 2.34. The molecule has 1 N–H and O–H groups in total. The molecular weight excluding hydrogens is 305 g/mol. The number of phenolic OH excluding ortho intramolecular Hbond substituents is 1. The van der Waals surface area contributed by atoms with E-state index in [1.807, 2.05) is 0 Å². The van der Waals surface area contributed by atoms with Crippen LogP contribution < -0.4 is 0 Å². The molecule has 0 atom stereocenters. The Kier molecular flexibility index (Phi) is 3.33. The molecule has 1 aliphatic rings. The first-order valence-electron chi connectivity index (χ1n) is 4.72. The third-order valence-electron chi connectivity index (χ3n) is 2.30. The number of ether oxygens (including phenoxy) is 2. The van der Waals surface area contributed by atoms with E-state index >= 15 is 0 Å². The predicted octanol–water partition coefficient (Wildman–Crippen LogP) is 3.22. The molecule has 0 saturated carbocycles. The first kappa shape index (κ1) is 12.7. The smallest absolute Gasteiger partial charge is 0.416 e. The number of rotatable bonds is 1. The Balaban J connectivity index is 2.46. The lowest BCUT2D eigenvalue weighted by atomic mass is 10.1. The van der Waals surface area contributed by atoms with Crippen LogP contribution in [-0.4, -0.2) is 18.3 Å². The zero-order valence-corrected chi connectivity index (χ0v) is 10.0. The van der Waals surface area contributed by atoms with Crippen LogP contribution in [0.25, 0.3) is 0 Å². The van der Waals surface area contributed by atoms with Gasteiger partial charge in [0.1, 0.15) is 5.75 Å². The van der Waals surface area contributed by atoms with Crippen molar-refractivity contribution in [2.75, 3.05) is 13.2 Å². The molecule has 1 saturated heterocycles. The van der Waals surface area contributed by atoms with E-state index in [9.17, 15) is 18.3 Å². The lowest BCUT2D eigenvalue weighted by Crippen LogP contribution is -2.08. The number of alkyl halides is 3. The lowest BCUT2D eigenvalue weighted by Gasteiger charge is -2.15. The van der Waals surface area contributed by atoms with Crippen LogP contribution in [0.3, 0.4) is 0 Å². The summed E-state index contributed by atoms with van der Waals surface area (Å²) in [5, 5.41) is 9.67. The molecule has 3 nitrogen and oxygen atoms in total. The molecule has 0 unspecified atom stereocenters. The van der Waals surface area contributed by atoms with Crippen molar-refractivity contribution in [3.05, 3.63) is 27.7 Å². The molecule has 0 bridgehead atoms. The second-order valence-corrected chi connectivity index (χ2v) is 4.32. The molecule has 0 aliphatic carbocycles. The zero-order chi connectivity index (χ0) is 12.6. The fraction of sp³-hybridized carbons (Fsp3) is 0.400. The van der Waals surface area contributed by atoms with Gasteiger partial charge in [-0.2, -0.15) is 13.2 Å². The Morgan fingerprint density at radius 3 is 2.35 bits per heavy atom. The second-order valence-electron chi connectivity index (χ2n) is 3.47. The standard InChI is InChI=1S/C10H8BrF3O3/c11-7-4-5(10(12,13)14)3-6(8(7)15)9-16-1-2-17-9/h3-4,9,15H,1-2H2. The SMILES string of the molecule is Oc1c(Br)cc(C(F)(F)F)cc1C1OCCO1. The van der Waals surface area contributed by atoms with E-state index in [2.05, 4.69) is 15.9 Å². The topological polar surface area (TPSA) is 38.7 Å². The number of hydrogen-bond acceptors (Lipinski definition) is 3. The molecule has 0 amide bonds. The predicted molar refractivity (Wildman–Crippen MR) is 55.5 cm³/mol. The molecule has 0 aromatic heterocycles. The first-order chi connectivity index (χ1) is 7.89. The highest BCUT2D eigenvalue weighted by molar-refractivity contribution is 9.10. The van der Waals surface area contributed by atoms with Gasteiger partial charge in [-0.25, -0.2) is 0 Å². The monoisotopic (exact) mass is 312 g/mol. The van der Waals surface area contributed by atoms with Gasteiger partial charge < -0.3 is 14.6 Å². The highest BCUT2D eigenvalue weighted by Crippen LogP contribution is 2.41. The van der Waals surface area contributed by atoms with Gasteiger partial charge in [-0.3, -0.25) is 0 Å². The van der Waals surface area contributed by atoms with Crippen LogP contribution in [0.5, 0.6) is 5.75 Å². The Morgan fingerprint density at radius 2 is 1.82 bits per heavy atom. The molecule has 1 aliphatic heterocycles. The summed E-state index contributed by atoms with van der Waals surface area (Å²) in [7, 11) is 0. The van der Waals surface area contributed by atoms with E-state index in [0.717, 1.165) is 12.1 Å². The third kappa shape index (κ3) is 2.56. The van der Waals surface area contributed by atoms with Crippen LogP contribution >= 0.6 is 15.9 Å². The summed E-state index contributed by atoms with van der Waals surface area (Å²) < 4.78 is 47.9. The van der Waals surface area contributed by atoms with Crippen molar-refractivity contribution in [3.63, 3.8) is 0 Å². The summed E-state index contributed by atoms with van der Waals surface area (Å²) in [5.74, 6) is -0.301. The first-order valence-corrected chi connectivity index (χ1v) is 5.51. The quantitative estimate of drug-likeness (QED) is 0.865. The normalized spacial score (nSPS) is 17.6. The Labute approximate surface area is 103 Å². The maximum atomic E-state index is 12.6. The van der Waals surface area contributed by atoms with Crippen molar-refractivity contribution in [1.29, 1.82) is 0 Å². The summed E-state index contributed by atoms with van der Waals surface area (Å²) in [5.41, 5.74) is -0.888. The Morgan fingerprint density at radius 1 is 1.24 bits per heavy atom.